The van der Waals surface area contributed by atoms with Gasteiger partial charge >= 0.3 is 0 Å². The van der Waals surface area contributed by atoms with Crippen LogP contribution in [0.1, 0.15) is 57.4 Å². The topological polar surface area (TPSA) is 12.0 Å². The van der Waals surface area contributed by atoms with Gasteiger partial charge in [-0.1, -0.05) is 43.1 Å². The molecule has 0 saturated heterocycles. The van der Waals surface area contributed by atoms with Gasteiger partial charge in [0.15, 0.2) is 0 Å². The summed E-state index contributed by atoms with van der Waals surface area (Å²) in [4.78, 5) is 0. The van der Waals surface area contributed by atoms with E-state index in [0.29, 0.717) is 21.4 Å². The van der Waals surface area contributed by atoms with Crippen molar-refractivity contribution in [1.29, 1.82) is 0 Å². The molecule has 3 rings (SSSR count). The Kier molecular flexibility index (Phi) is 4.55. The second kappa shape index (κ2) is 6.10. The third-order valence-electron chi connectivity index (χ3n) is 5.15. The minimum absolute atomic E-state index is 0.423. The molecule has 2 fully saturated rings. The molecule has 2 saturated carbocycles. The largest absolute Gasteiger partial charge is 0.314 e. The van der Waals surface area contributed by atoms with E-state index in [1.54, 1.807) is 0 Å². The summed E-state index contributed by atoms with van der Waals surface area (Å²) in [6, 6.07) is 6.99. The van der Waals surface area contributed by atoms with Crippen LogP contribution in [0.2, 0.25) is 10.0 Å². The first kappa shape index (κ1) is 15.6. The van der Waals surface area contributed by atoms with E-state index in [0.717, 1.165) is 18.5 Å². The Morgan fingerprint density at radius 2 is 1.90 bits per heavy atom. The van der Waals surface area contributed by atoms with Crippen molar-refractivity contribution in [3.63, 3.8) is 0 Å². The monoisotopic (exact) mass is 325 g/mol. The predicted molar refractivity (Wildman–Crippen MR) is 91.3 cm³/mol. The first-order valence-corrected chi connectivity index (χ1v) is 8.88. The molecule has 3 heteroatoms. The maximum atomic E-state index is 6.24. The molecule has 0 spiro atoms. The highest BCUT2D eigenvalue weighted by Crippen LogP contribution is 2.47. The Morgan fingerprint density at radius 1 is 1.14 bits per heavy atom. The molecule has 1 N–H and O–H groups in total. The molecular formula is C18H25Cl2N. The summed E-state index contributed by atoms with van der Waals surface area (Å²) in [5.41, 5.74) is 1.78. The molecule has 116 valence electrons. The Morgan fingerprint density at radius 3 is 2.57 bits per heavy atom. The molecule has 0 radical (unpaired) electrons. The van der Waals surface area contributed by atoms with Crippen molar-refractivity contribution >= 4 is 23.2 Å². The third-order valence-corrected chi connectivity index (χ3v) is 5.89. The summed E-state index contributed by atoms with van der Waals surface area (Å²) >= 11 is 12.3. The predicted octanol–water partition coefficient (Wildman–Crippen LogP) is 5.66. The van der Waals surface area contributed by atoms with Gasteiger partial charge in [0.1, 0.15) is 0 Å². The highest BCUT2D eigenvalue weighted by atomic mass is 35.5. The van der Waals surface area contributed by atoms with E-state index in [1.807, 2.05) is 6.07 Å². The minimum Gasteiger partial charge on any atom is -0.314 e. The zero-order valence-electron chi connectivity index (χ0n) is 13.0. The van der Waals surface area contributed by atoms with Crippen LogP contribution in [-0.2, 0) is 0 Å². The van der Waals surface area contributed by atoms with E-state index in [9.17, 15) is 0 Å². The van der Waals surface area contributed by atoms with E-state index in [2.05, 4.69) is 31.3 Å². The fourth-order valence-corrected chi connectivity index (χ4v) is 3.93. The minimum atomic E-state index is 0.423. The molecule has 0 bridgehead atoms. The number of rotatable bonds is 4. The van der Waals surface area contributed by atoms with Gasteiger partial charge in [0.2, 0.25) is 0 Å². The van der Waals surface area contributed by atoms with Crippen molar-refractivity contribution in [1.82, 2.24) is 5.32 Å². The molecule has 21 heavy (non-hydrogen) atoms. The second-order valence-corrected chi connectivity index (χ2v) is 8.44. The van der Waals surface area contributed by atoms with E-state index in [-0.39, 0.29) is 0 Å². The average Bonchev–Trinajstić information content (AvgIpc) is 3.24. The smallest absolute Gasteiger partial charge is 0.0595 e. The van der Waals surface area contributed by atoms with Crippen molar-refractivity contribution < 1.29 is 0 Å². The molecule has 2 aliphatic carbocycles. The van der Waals surface area contributed by atoms with E-state index >= 15 is 0 Å². The fraction of sp³-hybridized carbons (Fsp3) is 0.667. The van der Waals surface area contributed by atoms with Crippen LogP contribution < -0.4 is 5.32 Å². The first-order valence-electron chi connectivity index (χ1n) is 8.13. The number of hydrogen-bond acceptors (Lipinski definition) is 1. The second-order valence-electron chi connectivity index (χ2n) is 7.63. The van der Waals surface area contributed by atoms with Gasteiger partial charge in [-0.2, -0.15) is 0 Å². The first-order chi connectivity index (χ1) is 9.94. The lowest BCUT2D eigenvalue weighted by atomic mass is 9.65. The van der Waals surface area contributed by atoms with Gasteiger partial charge < -0.3 is 5.32 Å². The van der Waals surface area contributed by atoms with E-state index < -0.39 is 0 Å². The van der Waals surface area contributed by atoms with Gasteiger partial charge in [0.25, 0.3) is 0 Å². The number of nitrogens with one attached hydrogen (secondary N) is 1. The van der Waals surface area contributed by atoms with E-state index in [1.165, 1.54) is 37.7 Å². The van der Waals surface area contributed by atoms with Crippen molar-refractivity contribution in [2.45, 2.75) is 57.9 Å². The van der Waals surface area contributed by atoms with Gasteiger partial charge in [-0.25, -0.2) is 0 Å². The molecular weight excluding hydrogens is 301 g/mol. The highest BCUT2D eigenvalue weighted by molar-refractivity contribution is 6.42. The quantitative estimate of drug-likeness (QED) is 0.753. The van der Waals surface area contributed by atoms with Crippen LogP contribution in [0, 0.1) is 11.3 Å². The van der Waals surface area contributed by atoms with Gasteiger partial charge in [-0.15, -0.1) is 0 Å². The van der Waals surface area contributed by atoms with Crippen LogP contribution in [0.3, 0.4) is 0 Å². The maximum Gasteiger partial charge on any atom is 0.0595 e. The van der Waals surface area contributed by atoms with Gasteiger partial charge in [-0.3, -0.25) is 0 Å². The summed E-state index contributed by atoms with van der Waals surface area (Å²) in [6.45, 7) is 5.93. The summed E-state index contributed by atoms with van der Waals surface area (Å²) in [6.07, 6.45) is 6.58. The molecule has 2 atom stereocenters. The van der Waals surface area contributed by atoms with Gasteiger partial charge in [-0.05, 0) is 73.6 Å². The molecule has 1 aromatic carbocycles. The lowest BCUT2D eigenvalue weighted by Crippen LogP contribution is -2.35. The number of hydrogen-bond donors (Lipinski definition) is 1. The van der Waals surface area contributed by atoms with Crippen LogP contribution in [0.4, 0.5) is 0 Å². The van der Waals surface area contributed by atoms with Crippen LogP contribution in [0.25, 0.3) is 0 Å². The van der Waals surface area contributed by atoms with Gasteiger partial charge in [0, 0.05) is 6.04 Å². The molecule has 1 aromatic rings. The maximum absolute atomic E-state index is 6.24. The normalized spacial score (nSPS) is 28.6. The van der Waals surface area contributed by atoms with Gasteiger partial charge in [0.05, 0.1) is 10.0 Å². The molecule has 0 aromatic heterocycles. The Bertz CT molecular complexity index is 506. The fourth-order valence-electron chi connectivity index (χ4n) is 3.62. The molecule has 0 heterocycles. The van der Waals surface area contributed by atoms with Crippen LogP contribution in [0.5, 0.6) is 0 Å². The van der Waals surface area contributed by atoms with Crippen molar-refractivity contribution in [2.24, 2.45) is 11.3 Å². The summed E-state index contributed by atoms with van der Waals surface area (Å²) < 4.78 is 0. The van der Waals surface area contributed by atoms with Crippen LogP contribution >= 0.6 is 23.2 Å². The van der Waals surface area contributed by atoms with E-state index in [4.69, 9.17) is 23.2 Å². The summed E-state index contributed by atoms with van der Waals surface area (Å²) in [5.74, 6) is 1.31. The molecule has 0 aliphatic heterocycles. The Hall–Kier alpha value is -0.240. The van der Waals surface area contributed by atoms with Crippen molar-refractivity contribution in [3.8, 4) is 0 Å². The molecule has 0 amide bonds. The molecule has 1 nitrogen and oxygen atoms in total. The highest BCUT2D eigenvalue weighted by Gasteiger charge is 2.36. The average molecular weight is 326 g/mol. The summed E-state index contributed by atoms with van der Waals surface area (Å²) in [5, 5.41) is 5.06. The van der Waals surface area contributed by atoms with Crippen LogP contribution in [0.15, 0.2) is 18.2 Å². The molecule has 2 aliphatic rings. The summed E-state index contributed by atoms with van der Waals surface area (Å²) in [7, 11) is 0. The number of halogens is 2. The zero-order valence-corrected chi connectivity index (χ0v) is 14.5. The Balaban J connectivity index is 1.79. The standard InChI is InChI=1S/C18H25Cl2N/c1-18(2)8-7-13(11-21-14-4-5-14)15(10-18)12-3-6-16(19)17(20)9-12/h3,6,9,13-15,21H,4-5,7-8,10-11H2,1-2H3. The van der Waals surface area contributed by atoms with Crippen molar-refractivity contribution in [3.05, 3.63) is 33.8 Å². The lowest BCUT2D eigenvalue weighted by molar-refractivity contribution is 0.159. The molecule has 2 unspecified atom stereocenters. The van der Waals surface area contributed by atoms with Crippen molar-refractivity contribution in [2.75, 3.05) is 6.54 Å². The lowest BCUT2D eigenvalue weighted by Gasteiger charge is -2.41. The SMILES string of the molecule is CC1(C)CCC(CNC2CC2)C(c2ccc(Cl)c(Cl)c2)C1. The third kappa shape index (κ3) is 3.94. The Labute approximate surface area is 138 Å². The number of benzene rings is 1. The zero-order chi connectivity index (χ0) is 15.0. The van der Waals surface area contributed by atoms with Crippen LogP contribution in [-0.4, -0.2) is 12.6 Å².